The lowest BCUT2D eigenvalue weighted by molar-refractivity contribution is 0.560. The van der Waals surface area contributed by atoms with Crippen molar-refractivity contribution < 1.29 is 4.42 Å². The average Bonchev–Trinajstić information content (AvgIpc) is 3.09. The fraction of sp³-hybridized carbons (Fsp3) is 0.160. The van der Waals surface area contributed by atoms with E-state index >= 15 is 0 Å². The summed E-state index contributed by atoms with van der Waals surface area (Å²) in [5.41, 5.74) is 7.04. The first kappa shape index (κ1) is 17.6. The second-order valence-electron chi connectivity index (χ2n) is 7.60. The number of aromatic nitrogens is 1. The van der Waals surface area contributed by atoms with E-state index in [1.165, 1.54) is 33.4 Å². The predicted molar refractivity (Wildman–Crippen MR) is 120 cm³/mol. The van der Waals surface area contributed by atoms with E-state index in [4.69, 9.17) is 4.42 Å². The van der Waals surface area contributed by atoms with E-state index in [-0.39, 0.29) is 5.63 Å². The first-order valence-corrected chi connectivity index (χ1v) is 9.87. The van der Waals surface area contributed by atoms with Gasteiger partial charge in [0.2, 0.25) is 0 Å². The number of aromatic amines is 1. The summed E-state index contributed by atoms with van der Waals surface area (Å²) in [6.07, 6.45) is 0.888. The molecule has 0 bridgehead atoms. The summed E-state index contributed by atoms with van der Waals surface area (Å²) in [6, 6.07) is 20.4. The van der Waals surface area contributed by atoms with Gasteiger partial charge in [-0.2, -0.15) is 0 Å². The largest absolute Gasteiger partial charge is 0.423 e. The van der Waals surface area contributed by atoms with Gasteiger partial charge in [0, 0.05) is 51.6 Å². The lowest BCUT2D eigenvalue weighted by Crippen LogP contribution is -2.07. The molecule has 0 aliphatic carbocycles. The van der Waals surface area contributed by atoms with Crippen LogP contribution in [0.4, 0.5) is 5.69 Å². The molecule has 0 unspecified atom stereocenters. The van der Waals surface area contributed by atoms with Gasteiger partial charge < -0.3 is 14.7 Å². The number of nitrogens with one attached hydrogen (secondary N) is 2. The third-order valence-corrected chi connectivity index (χ3v) is 5.63. The van der Waals surface area contributed by atoms with E-state index < -0.39 is 0 Å². The number of para-hydroxylation sites is 2. The summed E-state index contributed by atoms with van der Waals surface area (Å²) in [4.78, 5) is 15.3. The van der Waals surface area contributed by atoms with Gasteiger partial charge in [-0.05, 0) is 49.1 Å². The number of hydrogen-bond acceptors (Lipinski definition) is 3. The van der Waals surface area contributed by atoms with E-state index in [1.54, 1.807) is 0 Å². The maximum Gasteiger partial charge on any atom is 0.336 e. The molecule has 5 rings (SSSR count). The molecule has 29 heavy (non-hydrogen) atoms. The van der Waals surface area contributed by atoms with E-state index in [9.17, 15) is 4.79 Å². The average molecular weight is 382 g/mol. The van der Waals surface area contributed by atoms with Gasteiger partial charge in [0.25, 0.3) is 0 Å². The smallest absolute Gasteiger partial charge is 0.336 e. The Hall–Kier alpha value is -3.53. The summed E-state index contributed by atoms with van der Waals surface area (Å²) in [5.74, 6) is 0. The highest BCUT2D eigenvalue weighted by Crippen LogP contribution is 2.28. The Morgan fingerprint density at radius 2 is 1.72 bits per heavy atom. The first-order chi connectivity index (χ1) is 14.1. The van der Waals surface area contributed by atoms with Crippen LogP contribution in [0.25, 0.3) is 32.8 Å². The Morgan fingerprint density at radius 3 is 2.62 bits per heavy atom. The van der Waals surface area contributed by atoms with Crippen molar-refractivity contribution >= 4 is 38.5 Å². The number of aryl methyl sites for hydroxylation is 2. The topological polar surface area (TPSA) is 58.0 Å². The van der Waals surface area contributed by atoms with E-state index in [1.807, 2.05) is 13.0 Å². The van der Waals surface area contributed by atoms with Crippen molar-refractivity contribution in [3.05, 3.63) is 87.8 Å². The van der Waals surface area contributed by atoms with Crippen molar-refractivity contribution in [2.75, 3.05) is 11.9 Å². The Labute approximate surface area is 168 Å². The van der Waals surface area contributed by atoms with Crippen LogP contribution in [-0.4, -0.2) is 11.5 Å². The van der Waals surface area contributed by atoms with Crippen LogP contribution in [0, 0.1) is 13.8 Å². The Balaban J connectivity index is 1.43. The Morgan fingerprint density at radius 1 is 0.897 bits per heavy atom. The summed E-state index contributed by atoms with van der Waals surface area (Å²) in [5, 5.41) is 7.02. The minimum Gasteiger partial charge on any atom is -0.423 e. The van der Waals surface area contributed by atoms with Crippen LogP contribution >= 0.6 is 0 Å². The van der Waals surface area contributed by atoms with Crippen molar-refractivity contribution in [2.24, 2.45) is 0 Å². The quantitative estimate of drug-likeness (QED) is 0.392. The molecule has 2 N–H and O–H groups in total. The molecule has 0 aliphatic heterocycles. The molecule has 4 nitrogen and oxygen atoms in total. The van der Waals surface area contributed by atoms with Gasteiger partial charge in [0.15, 0.2) is 0 Å². The zero-order chi connectivity index (χ0) is 20.0. The van der Waals surface area contributed by atoms with Gasteiger partial charge in [0.1, 0.15) is 5.58 Å². The molecule has 5 aromatic rings. The third-order valence-electron chi connectivity index (χ3n) is 5.63. The second-order valence-corrected chi connectivity index (χ2v) is 7.60. The number of fused-ring (bicyclic) bond motifs is 4. The number of rotatable bonds is 4. The number of hydrogen-bond donors (Lipinski definition) is 2. The number of benzene rings is 3. The summed E-state index contributed by atoms with van der Waals surface area (Å²) in [6.45, 7) is 4.80. The van der Waals surface area contributed by atoms with E-state index in [0.717, 1.165) is 35.2 Å². The molecule has 0 spiro atoms. The molecule has 0 radical (unpaired) electrons. The van der Waals surface area contributed by atoms with Crippen molar-refractivity contribution in [3.8, 4) is 0 Å². The zero-order valence-corrected chi connectivity index (χ0v) is 16.5. The molecule has 0 atom stereocenters. The molecule has 2 heterocycles. The van der Waals surface area contributed by atoms with Crippen LogP contribution < -0.4 is 10.9 Å². The molecule has 144 valence electrons. The minimum atomic E-state index is -0.310. The second kappa shape index (κ2) is 6.82. The minimum absolute atomic E-state index is 0.310. The normalized spacial score (nSPS) is 11.5. The Bertz CT molecular complexity index is 1430. The van der Waals surface area contributed by atoms with Gasteiger partial charge in [-0.1, -0.05) is 36.4 Å². The number of H-pyrrole nitrogens is 1. The first-order valence-electron chi connectivity index (χ1n) is 9.87. The number of anilines is 1. The van der Waals surface area contributed by atoms with Crippen LogP contribution in [0.3, 0.4) is 0 Å². The Kier molecular flexibility index (Phi) is 4.13. The molecule has 0 saturated heterocycles. The highest BCUT2D eigenvalue weighted by Gasteiger charge is 2.09. The standard InChI is InChI=1S/C25H22N2O2/c1-15-13-24(28)29-23-14-22(16(2)12-20(15)23)26-11-10-17-6-5-8-19-18-7-3-4-9-21(18)27-25(17)19/h3-9,12-14,26-27H,10-11H2,1-2H3. The summed E-state index contributed by atoms with van der Waals surface area (Å²) < 4.78 is 5.39. The predicted octanol–water partition coefficient (Wildman–Crippen LogP) is 5.70. The fourth-order valence-corrected chi connectivity index (χ4v) is 4.14. The van der Waals surface area contributed by atoms with Gasteiger partial charge >= 0.3 is 5.63 Å². The fourth-order valence-electron chi connectivity index (χ4n) is 4.14. The molecule has 0 aliphatic rings. The molecular weight excluding hydrogens is 360 g/mol. The molecule has 0 fully saturated rings. The summed E-state index contributed by atoms with van der Waals surface area (Å²) >= 11 is 0. The summed E-state index contributed by atoms with van der Waals surface area (Å²) in [7, 11) is 0. The van der Waals surface area contributed by atoms with Crippen molar-refractivity contribution in [2.45, 2.75) is 20.3 Å². The van der Waals surface area contributed by atoms with Crippen molar-refractivity contribution in [1.82, 2.24) is 4.98 Å². The van der Waals surface area contributed by atoms with Crippen LogP contribution in [-0.2, 0) is 6.42 Å². The van der Waals surface area contributed by atoms with Gasteiger partial charge in [-0.25, -0.2) is 4.79 Å². The van der Waals surface area contributed by atoms with E-state index in [0.29, 0.717) is 5.58 Å². The molecule has 2 aromatic heterocycles. The molecule has 4 heteroatoms. The van der Waals surface area contributed by atoms with Crippen LogP contribution in [0.2, 0.25) is 0 Å². The van der Waals surface area contributed by atoms with Crippen LogP contribution in [0.1, 0.15) is 16.7 Å². The SMILES string of the molecule is Cc1cc2c(C)cc(=O)oc2cc1NCCc1cccc2c1[nH]c1ccccc12. The van der Waals surface area contributed by atoms with Crippen molar-refractivity contribution in [1.29, 1.82) is 0 Å². The lowest BCUT2D eigenvalue weighted by atomic mass is 10.1. The molecular formula is C25H22N2O2. The molecule has 0 saturated carbocycles. The van der Waals surface area contributed by atoms with E-state index in [2.05, 4.69) is 65.8 Å². The molecule has 3 aromatic carbocycles. The van der Waals surface area contributed by atoms with Gasteiger partial charge in [-0.15, -0.1) is 0 Å². The zero-order valence-electron chi connectivity index (χ0n) is 16.5. The van der Waals surface area contributed by atoms with Crippen LogP contribution in [0.5, 0.6) is 0 Å². The van der Waals surface area contributed by atoms with Gasteiger partial charge in [-0.3, -0.25) is 0 Å². The maximum absolute atomic E-state index is 11.7. The lowest BCUT2D eigenvalue weighted by Gasteiger charge is -2.12. The third kappa shape index (κ3) is 3.07. The maximum atomic E-state index is 11.7. The van der Waals surface area contributed by atoms with Crippen molar-refractivity contribution in [3.63, 3.8) is 0 Å². The monoisotopic (exact) mass is 382 g/mol. The van der Waals surface area contributed by atoms with Gasteiger partial charge in [0.05, 0.1) is 0 Å². The van der Waals surface area contributed by atoms with Crippen LogP contribution in [0.15, 0.2) is 69.9 Å². The highest BCUT2D eigenvalue weighted by molar-refractivity contribution is 6.08. The highest BCUT2D eigenvalue weighted by atomic mass is 16.4. The molecule has 0 amide bonds.